The summed E-state index contributed by atoms with van der Waals surface area (Å²) < 4.78 is 17.0. The average Bonchev–Trinajstić information content (AvgIpc) is 3.06. The number of cyclic esters (lactones) is 2. The van der Waals surface area contributed by atoms with Gasteiger partial charge in [0.1, 0.15) is 12.4 Å². The zero-order valence-corrected chi connectivity index (χ0v) is 14.7. The van der Waals surface area contributed by atoms with Crippen LogP contribution in [0.4, 0.5) is 0 Å². The van der Waals surface area contributed by atoms with Crippen molar-refractivity contribution in [2.75, 3.05) is 18.1 Å². The van der Waals surface area contributed by atoms with Crippen LogP contribution in [0.15, 0.2) is 46.7 Å². The molecule has 0 atom stereocenters. The molecule has 2 saturated heterocycles. The summed E-state index contributed by atoms with van der Waals surface area (Å²) in [6.07, 6.45) is 1.65. The molecule has 0 aromatic heterocycles. The minimum Gasteiger partial charge on any atom is -0.490 e. The molecule has 2 heterocycles. The van der Waals surface area contributed by atoms with E-state index in [1.807, 2.05) is 0 Å². The van der Waals surface area contributed by atoms with Crippen LogP contribution in [0.3, 0.4) is 0 Å². The van der Waals surface area contributed by atoms with Gasteiger partial charge in [-0.25, -0.2) is 9.59 Å². The first-order chi connectivity index (χ1) is 11.5. The average molecular weight is 364 g/mol. The normalized spacial score (nSPS) is 23.7. The highest BCUT2D eigenvalue weighted by molar-refractivity contribution is 8.25. The van der Waals surface area contributed by atoms with Gasteiger partial charge < -0.3 is 14.2 Å². The lowest BCUT2D eigenvalue weighted by Crippen LogP contribution is -2.42. The Labute approximate surface area is 148 Å². The summed E-state index contributed by atoms with van der Waals surface area (Å²) in [5, 5.41) is 0. The fourth-order valence-electron chi connectivity index (χ4n) is 2.31. The van der Waals surface area contributed by atoms with E-state index in [2.05, 4.69) is 6.58 Å². The molecule has 126 valence electrons. The van der Waals surface area contributed by atoms with Crippen molar-refractivity contribution in [3.63, 3.8) is 0 Å². The Morgan fingerprint density at radius 1 is 1.17 bits per heavy atom. The molecule has 0 N–H and O–H groups in total. The summed E-state index contributed by atoms with van der Waals surface area (Å²) in [7, 11) is 0. The quantitative estimate of drug-likeness (QED) is 0.352. The van der Waals surface area contributed by atoms with Crippen molar-refractivity contribution in [3.8, 4) is 5.75 Å². The van der Waals surface area contributed by atoms with Crippen LogP contribution in [-0.2, 0) is 24.8 Å². The Hall–Kier alpha value is -1.86. The van der Waals surface area contributed by atoms with Gasteiger partial charge in [0.25, 0.3) is 5.79 Å². The van der Waals surface area contributed by atoms with Crippen LogP contribution < -0.4 is 4.74 Å². The summed E-state index contributed by atoms with van der Waals surface area (Å²) >= 11 is 2.96. The first kappa shape index (κ1) is 17.0. The molecule has 0 amide bonds. The third-order valence-corrected chi connectivity index (χ3v) is 6.20. The lowest BCUT2D eigenvalue weighted by Gasteiger charge is -2.33. The molecule has 0 spiro atoms. The van der Waals surface area contributed by atoms with Crippen molar-refractivity contribution in [3.05, 3.63) is 52.3 Å². The Morgan fingerprint density at radius 3 is 2.29 bits per heavy atom. The van der Waals surface area contributed by atoms with Crippen LogP contribution in [0, 0.1) is 0 Å². The Kier molecular flexibility index (Phi) is 4.91. The maximum atomic E-state index is 12.3. The van der Waals surface area contributed by atoms with Crippen molar-refractivity contribution in [1.29, 1.82) is 0 Å². The van der Waals surface area contributed by atoms with Gasteiger partial charge in [-0.2, -0.15) is 0 Å². The van der Waals surface area contributed by atoms with E-state index in [1.54, 1.807) is 37.3 Å². The monoisotopic (exact) mass is 364 g/mol. The number of carbonyl (C=O) groups is 2. The molecule has 0 radical (unpaired) electrons. The smallest absolute Gasteiger partial charge is 0.350 e. The molecule has 1 aromatic rings. The maximum Gasteiger partial charge on any atom is 0.350 e. The number of rotatable bonds is 4. The molecular weight excluding hydrogens is 348 g/mol. The molecule has 1 aromatic carbocycles. The Balaban J connectivity index is 1.82. The molecule has 24 heavy (non-hydrogen) atoms. The van der Waals surface area contributed by atoms with E-state index in [0.717, 1.165) is 11.5 Å². The zero-order chi connectivity index (χ0) is 17.2. The lowest BCUT2D eigenvalue weighted by molar-refractivity contribution is -0.234. The van der Waals surface area contributed by atoms with Crippen molar-refractivity contribution in [2.24, 2.45) is 0 Å². The van der Waals surface area contributed by atoms with Crippen LogP contribution in [0.2, 0.25) is 0 Å². The zero-order valence-electron chi connectivity index (χ0n) is 13.1. The van der Waals surface area contributed by atoms with Gasteiger partial charge in [0, 0.05) is 24.0 Å². The largest absolute Gasteiger partial charge is 0.490 e. The number of ether oxygens (including phenoxy) is 3. The van der Waals surface area contributed by atoms with E-state index in [1.165, 1.54) is 23.5 Å². The molecule has 0 saturated carbocycles. The van der Waals surface area contributed by atoms with Gasteiger partial charge in [-0.1, -0.05) is 12.7 Å². The van der Waals surface area contributed by atoms with Crippen molar-refractivity contribution < 1.29 is 23.8 Å². The van der Waals surface area contributed by atoms with Gasteiger partial charge >= 0.3 is 11.9 Å². The predicted molar refractivity (Wildman–Crippen MR) is 93.6 cm³/mol. The minimum atomic E-state index is -1.44. The summed E-state index contributed by atoms with van der Waals surface area (Å²) in [4.78, 5) is 24.7. The van der Waals surface area contributed by atoms with E-state index < -0.39 is 17.7 Å². The van der Waals surface area contributed by atoms with Gasteiger partial charge in [-0.05, 0) is 24.3 Å². The van der Waals surface area contributed by atoms with Gasteiger partial charge in [-0.3, -0.25) is 0 Å². The predicted octanol–water partition coefficient (Wildman–Crippen LogP) is 3.22. The molecular formula is C17H16O5S2. The molecule has 5 nitrogen and oxygen atoms in total. The van der Waals surface area contributed by atoms with Gasteiger partial charge in [-0.15, -0.1) is 23.5 Å². The number of benzene rings is 1. The fourth-order valence-corrected chi connectivity index (χ4v) is 4.80. The molecule has 2 aliphatic rings. The van der Waals surface area contributed by atoms with Crippen molar-refractivity contribution in [2.45, 2.75) is 12.7 Å². The first-order valence-corrected chi connectivity index (χ1v) is 9.31. The SMILES string of the molecule is C=CCOc1ccc(C2(C)OC(=O)C(=C3SCCS3)C(=O)O2)cc1. The van der Waals surface area contributed by atoms with Crippen molar-refractivity contribution >= 4 is 35.5 Å². The second-order valence-corrected chi connectivity index (χ2v) is 7.68. The molecule has 2 aliphatic heterocycles. The van der Waals surface area contributed by atoms with E-state index in [0.29, 0.717) is 22.2 Å². The first-order valence-electron chi connectivity index (χ1n) is 7.34. The van der Waals surface area contributed by atoms with Crippen LogP contribution in [0.1, 0.15) is 12.5 Å². The molecule has 3 rings (SSSR count). The lowest BCUT2D eigenvalue weighted by atomic mass is 10.1. The number of thioether (sulfide) groups is 2. The second kappa shape index (κ2) is 6.94. The summed E-state index contributed by atoms with van der Waals surface area (Å²) in [5.41, 5.74) is 0.567. The Morgan fingerprint density at radius 2 is 1.75 bits per heavy atom. The fraction of sp³-hybridized carbons (Fsp3) is 0.294. The van der Waals surface area contributed by atoms with E-state index in [-0.39, 0.29) is 5.57 Å². The number of hydrogen-bond acceptors (Lipinski definition) is 7. The van der Waals surface area contributed by atoms with Crippen molar-refractivity contribution in [1.82, 2.24) is 0 Å². The van der Waals surface area contributed by atoms with Crippen LogP contribution in [-0.4, -0.2) is 30.1 Å². The van der Waals surface area contributed by atoms with Crippen LogP contribution >= 0.6 is 23.5 Å². The van der Waals surface area contributed by atoms with Gasteiger partial charge in [0.15, 0.2) is 5.57 Å². The molecule has 2 fully saturated rings. The Bertz CT molecular complexity index is 680. The molecule has 0 aliphatic carbocycles. The third-order valence-electron chi connectivity index (χ3n) is 3.48. The molecule has 0 unspecified atom stereocenters. The van der Waals surface area contributed by atoms with E-state index in [9.17, 15) is 9.59 Å². The van der Waals surface area contributed by atoms with Crippen LogP contribution in [0.5, 0.6) is 5.75 Å². The number of carbonyl (C=O) groups excluding carboxylic acids is 2. The van der Waals surface area contributed by atoms with E-state index >= 15 is 0 Å². The highest BCUT2D eigenvalue weighted by Crippen LogP contribution is 2.42. The highest BCUT2D eigenvalue weighted by Gasteiger charge is 2.45. The summed E-state index contributed by atoms with van der Waals surface area (Å²) in [6, 6.07) is 6.86. The summed E-state index contributed by atoms with van der Waals surface area (Å²) in [6.45, 7) is 5.54. The highest BCUT2D eigenvalue weighted by atomic mass is 32.2. The summed E-state index contributed by atoms with van der Waals surface area (Å²) in [5.74, 6) is -0.336. The minimum absolute atomic E-state index is 0.00547. The van der Waals surface area contributed by atoms with Crippen LogP contribution in [0.25, 0.3) is 0 Å². The number of hydrogen-bond donors (Lipinski definition) is 0. The van der Waals surface area contributed by atoms with Gasteiger partial charge in [0.05, 0.1) is 4.24 Å². The standard InChI is InChI=1S/C17H16O5S2/c1-3-8-20-12-6-4-11(5-7-12)17(2)21-14(18)13(15(19)22-17)16-23-9-10-24-16/h3-7H,1,8-10H2,2H3. The molecule has 0 bridgehead atoms. The van der Waals surface area contributed by atoms with E-state index in [4.69, 9.17) is 14.2 Å². The second-order valence-electron chi connectivity index (χ2n) is 5.21. The third kappa shape index (κ3) is 3.32. The number of esters is 2. The maximum absolute atomic E-state index is 12.3. The topological polar surface area (TPSA) is 61.8 Å². The van der Waals surface area contributed by atoms with Gasteiger partial charge in [0.2, 0.25) is 0 Å². The molecule has 7 heteroatoms.